The number of likely N-dealkylation sites (tertiary alicyclic amines) is 1. The number of likely N-dealkylation sites (N-methyl/N-ethyl adjacent to an activating group) is 1. The van der Waals surface area contributed by atoms with Crippen LogP contribution in [0.25, 0.3) is 0 Å². The molecule has 1 aromatic heterocycles. The van der Waals surface area contributed by atoms with E-state index in [0.717, 1.165) is 11.1 Å². The zero-order chi connectivity index (χ0) is 15.6. The Morgan fingerprint density at radius 3 is 2.50 bits per heavy atom. The first-order valence-corrected chi connectivity index (χ1v) is 7.03. The van der Waals surface area contributed by atoms with E-state index in [9.17, 15) is 9.59 Å². The van der Waals surface area contributed by atoms with Crippen LogP contribution < -0.4 is 0 Å². The van der Waals surface area contributed by atoms with Crippen LogP contribution in [0.15, 0.2) is 54.9 Å². The standard InChI is InChI=1S/C17H16N2O3/c1-19-15(20)11-17(19,14-7-9-18-10-8-14)16(21)22-12-13-5-3-2-4-6-13/h2-10H,11-12H2,1H3. The van der Waals surface area contributed by atoms with Crippen molar-refractivity contribution in [2.45, 2.75) is 18.6 Å². The summed E-state index contributed by atoms with van der Waals surface area (Å²) in [6.45, 7) is 0.189. The third-order valence-electron chi connectivity index (χ3n) is 4.06. The maximum atomic E-state index is 12.6. The van der Waals surface area contributed by atoms with Crippen LogP contribution in [0.1, 0.15) is 17.5 Å². The van der Waals surface area contributed by atoms with Crippen molar-refractivity contribution in [1.82, 2.24) is 9.88 Å². The molecule has 1 saturated heterocycles. The second-order valence-electron chi connectivity index (χ2n) is 5.29. The van der Waals surface area contributed by atoms with Crippen LogP contribution in [0.5, 0.6) is 0 Å². The molecule has 1 aliphatic heterocycles. The molecule has 0 bridgehead atoms. The first-order valence-electron chi connectivity index (χ1n) is 7.03. The number of ether oxygens (including phenoxy) is 1. The second-order valence-corrected chi connectivity index (χ2v) is 5.29. The van der Waals surface area contributed by atoms with E-state index in [4.69, 9.17) is 4.74 Å². The summed E-state index contributed by atoms with van der Waals surface area (Å²) in [5.74, 6) is -0.488. The van der Waals surface area contributed by atoms with Crippen LogP contribution in [0.2, 0.25) is 0 Å². The Labute approximate surface area is 128 Å². The number of β-lactam (4-membered cyclic amide) rings is 1. The number of nitrogens with zero attached hydrogens (tertiary/aromatic N) is 2. The van der Waals surface area contributed by atoms with Gasteiger partial charge in [-0.25, -0.2) is 4.79 Å². The van der Waals surface area contributed by atoms with Gasteiger partial charge >= 0.3 is 5.97 Å². The van der Waals surface area contributed by atoms with Gasteiger partial charge in [0, 0.05) is 19.4 Å². The minimum absolute atomic E-state index is 0.0755. The van der Waals surface area contributed by atoms with E-state index in [-0.39, 0.29) is 18.9 Å². The van der Waals surface area contributed by atoms with Crippen molar-refractivity contribution >= 4 is 11.9 Å². The summed E-state index contributed by atoms with van der Waals surface area (Å²) in [7, 11) is 1.62. The third-order valence-corrected chi connectivity index (χ3v) is 4.06. The molecule has 5 heteroatoms. The Hall–Kier alpha value is -2.69. The maximum Gasteiger partial charge on any atom is 0.337 e. The molecular formula is C17H16N2O3. The van der Waals surface area contributed by atoms with Gasteiger partial charge < -0.3 is 9.64 Å². The Balaban J connectivity index is 1.82. The molecular weight excluding hydrogens is 280 g/mol. The van der Waals surface area contributed by atoms with Gasteiger partial charge in [0.2, 0.25) is 5.91 Å². The quantitative estimate of drug-likeness (QED) is 0.638. The summed E-state index contributed by atoms with van der Waals surface area (Å²) in [4.78, 5) is 29.7. The summed E-state index contributed by atoms with van der Waals surface area (Å²) < 4.78 is 5.46. The fourth-order valence-electron chi connectivity index (χ4n) is 2.67. The number of esters is 1. The van der Waals surface area contributed by atoms with Crippen LogP contribution in [0, 0.1) is 0 Å². The summed E-state index contributed by atoms with van der Waals surface area (Å²) in [5, 5.41) is 0. The SMILES string of the molecule is CN1C(=O)CC1(C(=O)OCc1ccccc1)c1ccncc1. The zero-order valence-electron chi connectivity index (χ0n) is 12.2. The minimum atomic E-state index is -1.03. The smallest absolute Gasteiger partial charge is 0.337 e. The lowest BCUT2D eigenvalue weighted by atomic mass is 9.78. The molecule has 3 rings (SSSR count). The first kappa shape index (κ1) is 14.3. The van der Waals surface area contributed by atoms with E-state index in [1.54, 1.807) is 31.6 Å². The van der Waals surface area contributed by atoms with E-state index in [0.29, 0.717) is 0 Å². The van der Waals surface area contributed by atoms with Gasteiger partial charge in [0.1, 0.15) is 6.61 Å². The monoisotopic (exact) mass is 296 g/mol. The van der Waals surface area contributed by atoms with Gasteiger partial charge in [0.05, 0.1) is 6.42 Å². The molecule has 1 amide bonds. The van der Waals surface area contributed by atoms with Crippen molar-refractivity contribution in [3.05, 3.63) is 66.0 Å². The summed E-state index contributed by atoms with van der Waals surface area (Å²) in [6.07, 6.45) is 3.34. The molecule has 1 fully saturated rings. The van der Waals surface area contributed by atoms with Crippen molar-refractivity contribution in [2.24, 2.45) is 0 Å². The van der Waals surface area contributed by atoms with Gasteiger partial charge in [-0.05, 0) is 23.3 Å². The van der Waals surface area contributed by atoms with Crippen LogP contribution in [-0.4, -0.2) is 28.8 Å². The average Bonchev–Trinajstić information content (AvgIpc) is 2.58. The number of pyridine rings is 1. The van der Waals surface area contributed by atoms with Gasteiger partial charge in [0.15, 0.2) is 5.54 Å². The lowest BCUT2D eigenvalue weighted by Crippen LogP contribution is -2.63. The van der Waals surface area contributed by atoms with Crippen molar-refractivity contribution in [3.63, 3.8) is 0 Å². The molecule has 2 heterocycles. The number of aromatic nitrogens is 1. The van der Waals surface area contributed by atoms with E-state index in [2.05, 4.69) is 4.98 Å². The fraction of sp³-hybridized carbons (Fsp3) is 0.235. The normalized spacial score (nSPS) is 20.4. The van der Waals surface area contributed by atoms with Crippen molar-refractivity contribution < 1.29 is 14.3 Å². The molecule has 0 radical (unpaired) electrons. The van der Waals surface area contributed by atoms with E-state index in [1.165, 1.54) is 4.90 Å². The molecule has 0 N–H and O–H groups in total. The Morgan fingerprint density at radius 2 is 1.91 bits per heavy atom. The number of rotatable bonds is 4. The zero-order valence-corrected chi connectivity index (χ0v) is 12.2. The Morgan fingerprint density at radius 1 is 1.23 bits per heavy atom. The van der Waals surface area contributed by atoms with Gasteiger partial charge in [-0.2, -0.15) is 0 Å². The largest absolute Gasteiger partial charge is 0.459 e. The molecule has 1 unspecified atom stereocenters. The number of hydrogen-bond acceptors (Lipinski definition) is 4. The predicted molar refractivity (Wildman–Crippen MR) is 79.5 cm³/mol. The molecule has 0 spiro atoms. The molecule has 0 saturated carbocycles. The molecule has 5 nitrogen and oxygen atoms in total. The number of hydrogen-bond donors (Lipinski definition) is 0. The van der Waals surface area contributed by atoms with Crippen molar-refractivity contribution in [3.8, 4) is 0 Å². The first-order chi connectivity index (χ1) is 10.6. The maximum absolute atomic E-state index is 12.6. The van der Waals surface area contributed by atoms with Crippen molar-refractivity contribution in [2.75, 3.05) is 7.05 Å². The summed E-state index contributed by atoms with van der Waals surface area (Å²) in [5.41, 5.74) is 0.603. The highest BCUT2D eigenvalue weighted by Gasteiger charge is 2.57. The fourth-order valence-corrected chi connectivity index (χ4v) is 2.67. The van der Waals surface area contributed by atoms with Crippen LogP contribution >= 0.6 is 0 Å². The number of benzene rings is 1. The number of carbonyl (C=O) groups excluding carboxylic acids is 2. The lowest BCUT2D eigenvalue weighted by molar-refractivity contribution is -0.180. The summed E-state index contributed by atoms with van der Waals surface area (Å²) in [6, 6.07) is 13.0. The topological polar surface area (TPSA) is 59.5 Å². The highest BCUT2D eigenvalue weighted by Crippen LogP contribution is 2.41. The van der Waals surface area contributed by atoms with Crippen LogP contribution in [0.3, 0.4) is 0 Å². The Bertz CT molecular complexity index is 688. The number of amides is 1. The predicted octanol–water partition coefficient (Wildman–Crippen LogP) is 1.88. The van der Waals surface area contributed by atoms with Gasteiger partial charge in [0.25, 0.3) is 0 Å². The number of carbonyl (C=O) groups is 2. The third kappa shape index (κ3) is 2.24. The molecule has 0 aliphatic carbocycles. The van der Waals surface area contributed by atoms with Gasteiger partial charge in [-0.3, -0.25) is 9.78 Å². The molecule has 1 aliphatic rings. The van der Waals surface area contributed by atoms with E-state index in [1.807, 2.05) is 30.3 Å². The molecule has 112 valence electrons. The average molecular weight is 296 g/mol. The molecule has 22 heavy (non-hydrogen) atoms. The van der Waals surface area contributed by atoms with Gasteiger partial charge in [-0.1, -0.05) is 30.3 Å². The van der Waals surface area contributed by atoms with Crippen LogP contribution in [-0.2, 0) is 26.5 Å². The second kappa shape index (κ2) is 5.60. The highest BCUT2D eigenvalue weighted by molar-refractivity contribution is 5.99. The van der Waals surface area contributed by atoms with E-state index >= 15 is 0 Å². The molecule has 2 aromatic rings. The molecule has 1 atom stereocenters. The van der Waals surface area contributed by atoms with Crippen LogP contribution in [0.4, 0.5) is 0 Å². The van der Waals surface area contributed by atoms with Crippen molar-refractivity contribution in [1.29, 1.82) is 0 Å². The molecule has 1 aromatic carbocycles. The summed E-state index contributed by atoms with van der Waals surface area (Å²) >= 11 is 0. The lowest BCUT2D eigenvalue weighted by Gasteiger charge is -2.47. The Kier molecular flexibility index (Phi) is 3.63. The van der Waals surface area contributed by atoms with Gasteiger partial charge in [-0.15, -0.1) is 0 Å². The minimum Gasteiger partial charge on any atom is -0.459 e. The highest BCUT2D eigenvalue weighted by atomic mass is 16.5. The van der Waals surface area contributed by atoms with E-state index < -0.39 is 11.5 Å².